The van der Waals surface area contributed by atoms with Gasteiger partial charge in [-0.15, -0.1) is 0 Å². The van der Waals surface area contributed by atoms with Crippen molar-refractivity contribution in [2.75, 3.05) is 7.05 Å². The Labute approximate surface area is 91.9 Å². The Balaban J connectivity index is 2.15. The topological polar surface area (TPSA) is 29.9 Å². The largest absolute Gasteiger partial charge is 0.313 e. The normalized spacial score (nSPS) is 18.1. The molecule has 3 heteroatoms. The molecule has 0 amide bonds. The average molecular weight is 207 g/mol. The third-order valence-electron chi connectivity index (χ3n) is 3.26. The molecule has 0 aliphatic heterocycles. The van der Waals surface area contributed by atoms with Gasteiger partial charge in [-0.2, -0.15) is 5.10 Å². The number of nitrogens with one attached hydrogen (secondary N) is 1. The van der Waals surface area contributed by atoms with Crippen LogP contribution in [0.25, 0.3) is 0 Å². The molecule has 1 fully saturated rings. The molecule has 1 N–H and O–H groups in total. The van der Waals surface area contributed by atoms with Crippen LogP contribution in [0.4, 0.5) is 0 Å². The van der Waals surface area contributed by atoms with Crippen LogP contribution in [0, 0.1) is 5.92 Å². The van der Waals surface area contributed by atoms with Crippen LogP contribution in [0.1, 0.15) is 43.5 Å². The SMILES string of the molecule is CCc1nn(C)cc1C(CC1CC1)NC. The summed E-state index contributed by atoms with van der Waals surface area (Å²) in [5, 5.41) is 7.93. The number of aryl methyl sites for hydroxylation is 2. The molecule has 1 unspecified atom stereocenters. The van der Waals surface area contributed by atoms with Crippen LogP contribution in [0.15, 0.2) is 6.20 Å². The zero-order chi connectivity index (χ0) is 10.8. The van der Waals surface area contributed by atoms with E-state index in [0.717, 1.165) is 12.3 Å². The summed E-state index contributed by atoms with van der Waals surface area (Å²) < 4.78 is 1.94. The van der Waals surface area contributed by atoms with Gasteiger partial charge in [0.05, 0.1) is 5.69 Å². The number of nitrogens with zero attached hydrogens (tertiary/aromatic N) is 2. The van der Waals surface area contributed by atoms with Gasteiger partial charge in [-0.1, -0.05) is 19.8 Å². The van der Waals surface area contributed by atoms with Gasteiger partial charge in [-0.3, -0.25) is 4.68 Å². The van der Waals surface area contributed by atoms with Crippen LogP contribution in [-0.4, -0.2) is 16.8 Å². The highest BCUT2D eigenvalue weighted by Crippen LogP contribution is 2.38. The third kappa shape index (κ3) is 2.40. The molecule has 1 heterocycles. The van der Waals surface area contributed by atoms with E-state index in [1.165, 1.54) is 30.5 Å². The summed E-state index contributed by atoms with van der Waals surface area (Å²) in [6.45, 7) is 2.18. The Morgan fingerprint density at radius 2 is 2.33 bits per heavy atom. The Morgan fingerprint density at radius 1 is 1.60 bits per heavy atom. The smallest absolute Gasteiger partial charge is 0.0669 e. The highest BCUT2D eigenvalue weighted by Gasteiger charge is 2.27. The molecule has 1 aliphatic carbocycles. The lowest BCUT2D eigenvalue weighted by atomic mass is 10.0. The summed E-state index contributed by atoms with van der Waals surface area (Å²) >= 11 is 0. The summed E-state index contributed by atoms with van der Waals surface area (Å²) in [5.41, 5.74) is 2.65. The molecule has 3 nitrogen and oxygen atoms in total. The Morgan fingerprint density at radius 3 is 2.87 bits per heavy atom. The molecule has 84 valence electrons. The van der Waals surface area contributed by atoms with Crippen molar-refractivity contribution in [2.24, 2.45) is 13.0 Å². The van der Waals surface area contributed by atoms with E-state index in [9.17, 15) is 0 Å². The van der Waals surface area contributed by atoms with Crippen LogP contribution < -0.4 is 5.32 Å². The second-order valence-corrected chi connectivity index (χ2v) is 4.58. The van der Waals surface area contributed by atoms with Gasteiger partial charge in [0.25, 0.3) is 0 Å². The molecule has 1 aromatic heterocycles. The Kier molecular flexibility index (Phi) is 3.10. The van der Waals surface area contributed by atoms with E-state index in [1.807, 2.05) is 11.7 Å². The van der Waals surface area contributed by atoms with Gasteiger partial charge in [0.1, 0.15) is 0 Å². The first-order valence-electron chi connectivity index (χ1n) is 5.94. The monoisotopic (exact) mass is 207 g/mol. The molecule has 15 heavy (non-hydrogen) atoms. The standard InChI is InChI=1S/C12H21N3/c1-4-11-10(8-15(3)14-11)12(13-2)7-9-5-6-9/h8-9,12-13H,4-7H2,1-3H3. The molecule has 1 aliphatic rings. The van der Waals surface area contributed by atoms with Crippen molar-refractivity contribution < 1.29 is 0 Å². The van der Waals surface area contributed by atoms with Crippen molar-refractivity contribution >= 4 is 0 Å². The van der Waals surface area contributed by atoms with Crippen LogP contribution in [0.5, 0.6) is 0 Å². The number of hydrogen-bond acceptors (Lipinski definition) is 2. The molecule has 2 rings (SSSR count). The molecular formula is C12H21N3. The number of aromatic nitrogens is 2. The van der Waals surface area contributed by atoms with E-state index < -0.39 is 0 Å². The summed E-state index contributed by atoms with van der Waals surface area (Å²) in [4.78, 5) is 0. The molecule has 1 aromatic rings. The molecule has 0 bridgehead atoms. The fraction of sp³-hybridized carbons (Fsp3) is 0.750. The summed E-state index contributed by atoms with van der Waals surface area (Å²) in [5.74, 6) is 0.951. The van der Waals surface area contributed by atoms with Gasteiger partial charge in [-0.05, 0) is 25.8 Å². The van der Waals surface area contributed by atoms with Crippen molar-refractivity contribution in [1.29, 1.82) is 0 Å². The van der Waals surface area contributed by atoms with Crippen molar-refractivity contribution in [3.05, 3.63) is 17.5 Å². The van der Waals surface area contributed by atoms with Gasteiger partial charge in [-0.25, -0.2) is 0 Å². The second kappa shape index (κ2) is 4.35. The minimum Gasteiger partial charge on any atom is -0.313 e. The maximum Gasteiger partial charge on any atom is 0.0669 e. The summed E-state index contributed by atoms with van der Waals surface area (Å²) in [6, 6.07) is 0.501. The Hall–Kier alpha value is -0.830. The molecule has 0 spiro atoms. The molecule has 0 radical (unpaired) electrons. The van der Waals surface area contributed by atoms with E-state index in [-0.39, 0.29) is 0 Å². The average Bonchev–Trinajstić information content (AvgIpc) is 2.97. The number of hydrogen-bond donors (Lipinski definition) is 1. The predicted octanol–water partition coefficient (Wildman–Crippen LogP) is 2.04. The number of rotatable bonds is 5. The van der Waals surface area contributed by atoms with Gasteiger partial charge in [0, 0.05) is 24.8 Å². The maximum atomic E-state index is 4.50. The first-order chi connectivity index (χ1) is 7.24. The molecule has 1 saturated carbocycles. The summed E-state index contributed by atoms with van der Waals surface area (Å²) in [7, 11) is 4.06. The molecule has 1 atom stereocenters. The lowest BCUT2D eigenvalue weighted by Crippen LogP contribution is -2.17. The van der Waals surface area contributed by atoms with E-state index in [0.29, 0.717) is 6.04 Å². The van der Waals surface area contributed by atoms with Crippen molar-refractivity contribution in [3.63, 3.8) is 0 Å². The van der Waals surface area contributed by atoms with E-state index >= 15 is 0 Å². The molecule has 0 saturated heterocycles. The van der Waals surface area contributed by atoms with E-state index in [1.54, 1.807) is 0 Å². The van der Waals surface area contributed by atoms with Gasteiger partial charge in [0.15, 0.2) is 0 Å². The van der Waals surface area contributed by atoms with Crippen molar-refractivity contribution in [2.45, 2.75) is 38.6 Å². The third-order valence-corrected chi connectivity index (χ3v) is 3.26. The zero-order valence-electron chi connectivity index (χ0n) is 9.95. The maximum absolute atomic E-state index is 4.50. The highest BCUT2D eigenvalue weighted by molar-refractivity contribution is 5.21. The minimum absolute atomic E-state index is 0.501. The van der Waals surface area contributed by atoms with E-state index in [4.69, 9.17) is 0 Å². The quantitative estimate of drug-likeness (QED) is 0.800. The van der Waals surface area contributed by atoms with Gasteiger partial charge in [0.2, 0.25) is 0 Å². The first kappa shape index (κ1) is 10.7. The van der Waals surface area contributed by atoms with E-state index in [2.05, 4.69) is 30.6 Å². The zero-order valence-corrected chi connectivity index (χ0v) is 9.95. The first-order valence-corrected chi connectivity index (χ1v) is 5.94. The molecule has 0 aromatic carbocycles. The van der Waals surface area contributed by atoms with Crippen LogP contribution in [0.2, 0.25) is 0 Å². The fourth-order valence-corrected chi connectivity index (χ4v) is 2.21. The van der Waals surface area contributed by atoms with Gasteiger partial charge < -0.3 is 5.32 Å². The fourth-order valence-electron chi connectivity index (χ4n) is 2.21. The highest BCUT2D eigenvalue weighted by atomic mass is 15.3. The second-order valence-electron chi connectivity index (χ2n) is 4.58. The van der Waals surface area contributed by atoms with Crippen LogP contribution >= 0.6 is 0 Å². The summed E-state index contributed by atoms with van der Waals surface area (Å²) in [6.07, 6.45) is 7.30. The van der Waals surface area contributed by atoms with Crippen molar-refractivity contribution in [3.8, 4) is 0 Å². The van der Waals surface area contributed by atoms with Crippen LogP contribution in [-0.2, 0) is 13.5 Å². The lowest BCUT2D eigenvalue weighted by molar-refractivity contribution is 0.511. The predicted molar refractivity (Wildman–Crippen MR) is 61.7 cm³/mol. The minimum atomic E-state index is 0.501. The molecular weight excluding hydrogens is 186 g/mol. The Bertz CT molecular complexity index is 326. The van der Waals surface area contributed by atoms with Crippen molar-refractivity contribution in [1.82, 2.24) is 15.1 Å². The van der Waals surface area contributed by atoms with Gasteiger partial charge >= 0.3 is 0 Å². The van der Waals surface area contributed by atoms with Crippen LogP contribution in [0.3, 0.4) is 0 Å². The lowest BCUT2D eigenvalue weighted by Gasteiger charge is -2.15.